The third-order valence-corrected chi connectivity index (χ3v) is 9.46. The highest BCUT2D eigenvalue weighted by atomic mass is 79.9. The van der Waals surface area contributed by atoms with Crippen molar-refractivity contribution in [2.24, 2.45) is 5.41 Å². The Balaban J connectivity index is 1.30. The maximum Gasteiger partial charge on any atom is 0.158 e. The van der Waals surface area contributed by atoms with Crippen molar-refractivity contribution in [3.05, 3.63) is 43.8 Å². The molecule has 0 radical (unpaired) electrons. The molecule has 0 amide bonds. The first kappa shape index (κ1) is 21.0. The lowest BCUT2D eigenvalue weighted by atomic mass is 9.74. The molecule has 11 heteroatoms. The molecule has 0 aromatic carbocycles. The van der Waals surface area contributed by atoms with Gasteiger partial charge in [-0.25, -0.2) is 15.0 Å². The minimum absolute atomic E-state index is 0.0650. The average Bonchev–Trinajstić information content (AvgIpc) is 3.25. The summed E-state index contributed by atoms with van der Waals surface area (Å²) in [5.41, 5.74) is 15.1. The number of nitrogen functional groups attached to an aromatic ring is 2. The Morgan fingerprint density at radius 3 is 2.71 bits per heavy atom. The van der Waals surface area contributed by atoms with Crippen molar-refractivity contribution in [1.29, 1.82) is 5.41 Å². The monoisotopic (exact) mass is 535 g/mol. The van der Waals surface area contributed by atoms with Crippen LogP contribution in [-0.4, -0.2) is 33.8 Å². The Bertz CT molecular complexity index is 1190. The van der Waals surface area contributed by atoms with Gasteiger partial charge in [0.1, 0.15) is 16.7 Å². The second-order valence-electron chi connectivity index (χ2n) is 7.75. The molecule has 1 fully saturated rings. The first-order chi connectivity index (χ1) is 14.9. The smallest absolute Gasteiger partial charge is 0.158 e. The van der Waals surface area contributed by atoms with Crippen LogP contribution in [0.2, 0.25) is 5.02 Å². The van der Waals surface area contributed by atoms with Crippen molar-refractivity contribution < 1.29 is 0 Å². The predicted octanol–water partition coefficient (Wildman–Crippen LogP) is 4.88. The number of pyridine rings is 1. The van der Waals surface area contributed by atoms with Gasteiger partial charge in [0.15, 0.2) is 5.82 Å². The highest BCUT2D eigenvalue weighted by Crippen LogP contribution is 2.49. The minimum Gasteiger partial charge on any atom is -0.382 e. The molecule has 1 saturated heterocycles. The summed E-state index contributed by atoms with van der Waals surface area (Å²) in [6.45, 7) is 1.64. The summed E-state index contributed by atoms with van der Waals surface area (Å²) >= 11 is 12.9. The number of nitrogens with zero attached hydrogens (tertiary/aromatic N) is 4. The van der Waals surface area contributed by atoms with Crippen LogP contribution in [0.25, 0.3) is 0 Å². The van der Waals surface area contributed by atoms with Crippen molar-refractivity contribution in [2.45, 2.75) is 29.2 Å². The highest BCUT2D eigenvalue weighted by molar-refractivity contribution is 9.11. The maximum absolute atomic E-state index is 8.75. The number of thiophene rings is 1. The fourth-order valence-electron chi connectivity index (χ4n) is 4.27. The van der Waals surface area contributed by atoms with Gasteiger partial charge in [0, 0.05) is 46.3 Å². The lowest BCUT2D eigenvalue weighted by molar-refractivity contribution is 0.328. The first-order valence-electron chi connectivity index (χ1n) is 9.68. The molecule has 3 aromatic heterocycles. The molecule has 0 unspecified atom stereocenters. The van der Waals surface area contributed by atoms with Gasteiger partial charge in [-0.3, -0.25) is 0 Å². The quantitative estimate of drug-likeness (QED) is 0.437. The molecule has 160 valence electrons. The molecule has 1 aliphatic carbocycles. The third kappa shape index (κ3) is 3.59. The number of rotatable bonds is 3. The standard InChI is InChI=1S/C20H19BrClN7S2/c21-16-10-7-20(15(23)11(10)9-30-16)2-5-29(6-3-20)13-8-27-19(18(25)28-13)31-12-1-4-26-17(24)14(12)22/h1,4,8-9,23H,2-3,5-7H2,(H2,24,26)(H2,25,28). The lowest BCUT2D eigenvalue weighted by Gasteiger charge is -2.40. The number of piperidine rings is 1. The topological polar surface area (TPSA) is 118 Å². The molecule has 0 bridgehead atoms. The van der Waals surface area contributed by atoms with Crippen molar-refractivity contribution in [2.75, 3.05) is 29.5 Å². The van der Waals surface area contributed by atoms with Gasteiger partial charge in [-0.1, -0.05) is 23.4 Å². The average molecular weight is 537 g/mol. The fourth-order valence-corrected chi connectivity index (χ4v) is 6.73. The molecule has 0 saturated carbocycles. The largest absolute Gasteiger partial charge is 0.382 e. The lowest BCUT2D eigenvalue weighted by Crippen LogP contribution is -2.43. The molecule has 1 aliphatic heterocycles. The molecule has 1 spiro atoms. The third-order valence-electron chi connectivity index (χ3n) is 6.04. The van der Waals surface area contributed by atoms with Crippen molar-refractivity contribution in [3.63, 3.8) is 0 Å². The van der Waals surface area contributed by atoms with E-state index in [1.807, 2.05) is 0 Å². The zero-order valence-electron chi connectivity index (χ0n) is 16.4. The van der Waals surface area contributed by atoms with E-state index in [2.05, 4.69) is 41.2 Å². The summed E-state index contributed by atoms with van der Waals surface area (Å²) in [4.78, 5) is 16.0. The van der Waals surface area contributed by atoms with Gasteiger partial charge in [0.2, 0.25) is 0 Å². The van der Waals surface area contributed by atoms with Crippen LogP contribution in [0.15, 0.2) is 37.5 Å². The number of hydrogen-bond donors (Lipinski definition) is 3. The molecule has 5 rings (SSSR count). The van der Waals surface area contributed by atoms with E-state index in [1.165, 1.54) is 17.3 Å². The van der Waals surface area contributed by atoms with Crippen molar-refractivity contribution in [3.8, 4) is 0 Å². The molecule has 5 N–H and O–H groups in total. The summed E-state index contributed by atoms with van der Waals surface area (Å²) in [5.74, 6) is 1.39. The van der Waals surface area contributed by atoms with Gasteiger partial charge in [0.25, 0.3) is 0 Å². The number of anilines is 3. The van der Waals surface area contributed by atoms with Crippen molar-refractivity contribution in [1.82, 2.24) is 15.0 Å². The number of nitrogens with two attached hydrogens (primary N) is 2. The minimum atomic E-state index is -0.0650. The summed E-state index contributed by atoms with van der Waals surface area (Å²) in [6, 6.07) is 1.77. The van der Waals surface area contributed by atoms with Crippen LogP contribution in [0, 0.1) is 10.8 Å². The van der Waals surface area contributed by atoms with Crippen molar-refractivity contribution >= 4 is 73.8 Å². The molecule has 31 heavy (non-hydrogen) atoms. The van der Waals surface area contributed by atoms with Crippen LogP contribution in [0.5, 0.6) is 0 Å². The molecular formula is C20H19BrClN7S2. The summed E-state index contributed by atoms with van der Waals surface area (Å²) in [7, 11) is 0. The molecule has 7 nitrogen and oxygen atoms in total. The molecule has 3 aromatic rings. The number of hydrogen-bond acceptors (Lipinski definition) is 9. The number of fused-ring (bicyclic) bond motifs is 1. The Kier molecular flexibility index (Phi) is 5.36. The van der Waals surface area contributed by atoms with Gasteiger partial charge in [-0.2, -0.15) is 0 Å². The van der Waals surface area contributed by atoms with Crippen LogP contribution >= 0.6 is 50.6 Å². The fraction of sp³-hybridized carbons (Fsp3) is 0.300. The normalized spacial score (nSPS) is 17.4. The Labute approximate surface area is 201 Å². The second kappa shape index (κ2) is 7.91. The molecular weight excluding hydrogens is 518 g/mol. The van der Waals surface area contributed by atoms with E-state index in [-0.39, 0.29) is 11.2 Å². The molecule has 0 atom stereocenters. The van der Waals surface area contributed by atoms with Crippen LogP contribution < -0.4 is 16.4 Å². The van der Waals surface area contributed by atoms with Gasteiger partial charge < -0.3 is 21.8 Å². The number of aromatic nitrogens is 3. The maximum atomic E-state index is 8.75. The van der Waals surface area contributed by atoms with E-state index in [9.17, 15) is 0 Å². The van der Waals surface area contributed by atoms with E-state index in [1.54, 1.807) is 29.8 Å². The highest BCUT2D eigenvalue weighted by Gasteiger charge is 2.46. The van der Waals surface area contributed by atoms with E-state index < -0.39 is 0 Å². The van der Waals surface area contributed by atoms with Crippen LogP contribution in [0.1, 0.15) is 24.0 Å². The van der Waals surface area contributed by atoms with Gasteiger partial charge in [0.05, 0.1) is 15.0 Å². The Morgan fingerprint density at radius 2 is 2.00 bits per heavy atom. The number of halogens is 2. The first-order valence-corrected chi connectivity index (χ1v) is 12.6. The zero-order chi connectivity index (χ0) is 21.8. The Morgan fingerprint density at radius 1 is 1.23 bits per heavy atom. The van der Waals surface area contributed by atoms with E-state index in [4.69, 9.17) is 28.5 Å². The molecule has 4 heterocycles. The SMILES string of the molecule is N=C1c2csc(Br)c2CC12CCN(c1cnc(Sc3ccnc(N)c3Cl)c(N)n1)CC2. The number of nitrogens with one attached hydrogen (secondary N) is 1. The summed E-state index contributed by atoms with van der Waals surface area (Å²) in [5, 5.41) is 11.8. The molecule has 2 aliphatic rings. The van der Waals surface area contributed by atoms with Crippen LogP contribution in [-0.2, 0) is 6.42 Å². The van der Waals surface area contributed by atoms with Gasteiger partial charge >= 0.3 is 0 Å². The summed E-state index contributed by atoms with van der Waals surface area (Å²) in [6.07, 6.45) is 6.13. The second-order valence-corrected chi connectivity index (χ2v) is 11.4. The van der Waals surface area contributed by atoms with Crippen LogP contribution in [0.3, 0.4) is 0 Å². The van der Waals surface area contributed by atoms with Gasteiger partial charge in [-0.15, -0.1) is 11.3 Å². The predicted molar refractivity (Wildman–Crippen MR) is 131 cm³/mol. The van der Waals surface area contributed by atoms with E-state index in [0.717, 1.165) is 58.1 Å². The van der Waals surface area contributed by atoms with E-state index >= 15 is 0 Å². The summed E-state index contributed by atoms with van der Waals surface area (Å²) < 4.78 is 1.16. The van der Waals surface area contributed by atoms with Gasteiger partial charge in [-0.05, 0) is 46.8 Å². The van der Waals surface area contributed by atoms with Crippen LogP contribution in [0.4, 0.5) is 17.5 Å². The Hall–Kier alpha value is -1.88. The van der Waals surface area contributed by atoms with E-state index in [0.29, 0.717) is 15.9 Å². The zero-order valence-corrected chi connectivity index (χ0v) is 20.3.